The first-order valence-corrected chi connectivity index (χ1v) is 26.1. The Hall–Kier alpha value is -2.18. The zero-order valence-electron chi connectivity index (χ0n) is 26.0. The van der Waals surface area contributed by atoms with Gasteiger partial charge in [0.1, 0.15) is 0 Å². The van der Waals surface area contributed by atoms with Gasteiger partial charge in [0, 0.05) is 0 Å². The summed E-state index contributed by atoms with van der Waals surface area (Å²) >= 11 is -4.99. The Labute approximate surface area is 269 Å². The van der Waals surface area contributed by atoms with E-state index in [2.05, 4.69) is 105 Å². The maximum atomic E-state index is 15.0. The summed E-state index contributed by atoms with van der Waals surface area (Å²) in [4.78, 5) is 2.56. The summed E-state index contributed by atoms with van der Waals surface area (Å²) in [5, 5.41) is 0. The van der Waals surface area contributed by atoms with Crippen LogP contribution in [0.15, 0.2) is 90.5 Å². The van der Waals surface area contributed by atoms with Crippen LogP contribution < -0.4 is 3.32 Å². The van der Waals surface area contributed by atoms with Gasteiger partial charge in [0.15, 0.2) is 0 Å². The van der Waals surface area contributed by atoms with E-state index in [0.717, 1.165) is 28.1 Å². The second-order valence-corrected chi connectivity index (χ2v) is 37.4. The molecule has 1 heterocycles. The summed E-state index contributed by atoms with van der Waals surface area (Å²) in [6.07, 6.45) is 0.989. The molecule has 0 radical (unpaired) electrons. The van der Waals surface area contributed by atoms with Gasteiger partial charge < -0.3 is 0 Å². The Morgan fingerprint density at radius 2 is 1.48 bits per heavy atom. The van der Waals surface area contributed by atoms with Crippen LogP contribution in [0.5, 0.6) is 5.75 Å². The van der Waals surface area contributed by atoms with E-state index in [1.165, 1.54) is 52.3 Å². The number of rotatable bonds is 5. The van der Waals surface area contributed by atoms with Crippen LogP contribution in [-0.4, -0.2) is 24.2 Å². The third-order valence-corrected chi connectivity index (χ3v) is 35.9. The standard InChI is InChI=1S/C21H17FO.C14H16N.C2H6Si.2ClH.Ti/c1-21(2)18-6-4-3-5-15(18)16-9-7-13(11-19(16)21)17-12-14(22)8-10-20(17)23;1-11-10-12-6-2-3-7-13(12)14(11)15-8-4-5-9-15;1-3-2;;;/h3-12,23H,1-2H3;2-3,6-7,14H,4-5,8-9H2,1H3;1-2H3;2*1H;/q;;;;;+3/p-3. The van der Waals surface area contributed by atoms with Gasteiger partial charge in [0.25, 0.3) is 0 Å². The minimum atomic E-state index is -4.99. The summed E-state index contributed by atoms with van der Waals surface area (Å²) in [5.74, 6) is 0.233. The van der Waals surface area contributed by atoms with Crippen molar-refractivity contribution in [2.75, 3.05) is 13.1 Å². The van der Waals surface area contributed by atoms with Gasteiger partial charge in [0.05, 0.1) is 0 Å². The van der Waals surface area contributed by atoms with Crippen LogP contribution in [0.4, 0.5) is 4.39 Å². The molecular weight excluding hydrogens is 640 g/mol. The molecule has 0 amide bonds. The van der Waals surface area contributed by atoms with Gasteiger partial charge in [-0.2, -0.15) is 0 Å². The van der Waals surface area contributed by atoms with Gasteiger partial charge in [0.2, 0.25) is 0 Å². The number of benzene rings is 4. The minimum absolute atomic E-state index is 0.155. The quantitative estimate of drug-likeness (QED) is 0.195. The monoisotopic (exact) mass is 677 g/mol. The molecule has 0 spiro atoms. The topological polar surface area (TPSA) is 12.5 Å². The first kappa shape index (κ1) is 30.5. The number of nitrogens with zero attached hydrogens (tertiary/aromatic N) is 1. The molecule has 1 saturated heterocycles. The SMILES string of the molecule is CC1=[C]([Ti]([Cl])([Cl])([O]c2ccc(F)cc2-c2ccc3c(c2)C(C)(C)c2ccccc2-3)=[Si](C)C)c2ccccc2C1N1CCCC1. The third kappa shape index (κ3) is 4.55. The number of hydrogen-bond acceptors (Lipinski definition) is 2. The van der Waals surface area contributed by atoms with Gasteiger partial charge in [-0.3, -0.25) is 0 Å². The second-order valence-electron chi connectivity index (χ2n) is 13.4. The summed E-state index contributed by atoms with van der Waals surface area (Å²) in [6, 6.07) is 28.5. The second kappa shape index (κ2) is 10.7. The molecule has 1 fully saturated rings. The van der Waals surface area contributed by atoms with E-state index in [1.54, 1.807) is 12.1 Å². The molecular formula is C37H38Cl2FNOSiTi. The van der Waals surface area contributed by atoms with Crippen LogP contribution >= 0.6 is 18.6 Å². The van der Waals surface area contributed by atoms with Gasteiger partial charge >= 0.3 is 271 Å². The van der Waals surface area contributed by atoms with Crippen molar-refractivity contribution < 1.29 is 20.0 Å². The Morgan fingerprint density at radius 3 is 2.20 bits per heavy atom. The molecule has 226 valence electrons. The van der Waals surface area contributed by atoms with Crippen molar-refractivity contribution in [3.63, 3.8) is 0 Å². The van der Waals surface area contributed by atoms with Crippen LogP contribution in [0, 0.1) is 5.82 Å². The molecule has 0 saturated carbocycles. The predicted molar refractivity (Wildman–Crippen MR) is 182 cm³/mol. The average Bonchev–Trinajstić information content (AvgIpc) is 3.68. The molecule has 1 unspecified atom stereocenters. The summed E-state index contributed by atoms with van der Waals surface area (Å²) in [6.45, 7) is 13.2. The Kier molecular flexibility index (Phi) is 7.40. The Morgan fingerprint density at radius 1 is 0.818 bits per heavy atom. The fourth-order valence-corrected chi connectivity index (χ4v) is 19.8. The van der Waals surface area contributed by atoms with Gasteiger partial charge in [-0.1, -0.05) is 0 Å². The Bertz CT molecular complexity index is 1950. The van der Waals surface area contributed by atoms with Crippen molar-refractivity contribution in [1.29, 1.82) is 0 Å². The van der Waals surface area contributed by atoms with E-state index in [4.69, 9.17) is 21.9 Å². The summed E-state index contributed by atoms with van der Waals surface area (Å²) in [5.41, 5.74) is 9.99. The Balaban J connectivity index is 1.39. The molecule has 1 aliphatic heterocycles. The van der Waals surface area contributed by atoms with Crippen LogP contribution in [0.2, 0.25) is 13.1 Å². The molecule has 2 aliphatic carbocycles. The van der Waals surface area contributed by atoms with Crippen molar-refractivity contribution in [2.24, 2.45) is 0 Å². The molecule has 0 aromatic heterocycles. The molecule has 7 heteroatoms. The molecule has 0 bridgehead atoms. The van der Waals surface area contributed by atoms with Gasteiger partial charge in [-0.05, 0) is 0 Å². The van der Waals surface area contributed by atoms with E-state index in [0.29, 0.717) is 11.3 Å². The average molecular weight is 679 g/mol. The summed E-state index contributed by atoms with van der Waals surface area (Å²) < 4.78 is 23.2. The number of fused-ring (bicyclic) bond motifs is 4. The molecule has 44 heavy (non-hydrogen) atoms. The van der Waals surface area contributed by atoms with E-state index < -0.39 is 18.5 Å². The first-order chi connectivity index (χ1) is 20.9. The molecule has 2 nitrogen and oxygen atoms in total. The first-order valence-electron chi connectivity index (χ1n) is 15.6. The van der Waals surface area contributed by atoms with Crippen molar-refractivity contribution in [2.45, 2.75) is 58.2 Å². The van der Waals surface area contributed by atoms with E-state index in [-0.39, 0.29) is 17.3 Å². The third-order valence-electron chi connectivity index (χ3n) is 10.2. The molecule has 4 aromatic carbocycles. The molecule has 7 rings (SSSR count). The summed E-state index contributed by atoms with van der Waals surface area (Å²) in [7, 11) is 15.9. The van der Waals surface area contributed by atoms with Crippen molar-refractivity contribution in [3.8, 4) is 28.0 Å². The normalized spacial score (nSPS) is 19.2. The van der Waals surface area contributed by atoms with Gasteiger partial charge in [-0.25, -0.2) is 0 Å². The number of likely N-dealkylation sites (tertiary alicyclic amines) is 1. The number of halogens is 3. The number of hydrogen-bond donors (Lipinski definition) is 0. The van der Waals surface area contributed by atoms with E-state index in [1.807, 2.05) is 0 Å². The molecule has 1 atom stereocenters. The van der Waals surface area contributed by atoms with Gasteiger partial charge in [-0.15, -0.1) is 0 Å². The van der Waals surface area contributed by atoms with Crippen LogP contribution in [-0.2, 0) is 17.7 Å². The van der Waals surface area contributed by atoms with Crippen molar-refractivity contribution in [1.82, 2.24) is 4.90 Å². The van der Waals surface area contributed by atoms with Crippen LogP contribution in [0.25, 0.3) is 26.1 Å². The fraction of sp³-hybridized carbons (Fsp3) is 0.297. The molecule has 3 aliphatic rings. The van der Waals surface area contributed by atoms with Crippen LogP contribution in [0.1, 0.15) is 61.9 Å². The van der Waals surface area contributed by atoms with Crippen molar-refractivity contribution in [3.05, 3.63) is 119 Å². The zero-order valence-corrected chi connectivity index (χ0v) is 30.1. The fourth-order valence-electron chi connectivity index (χ4n) is 7.85. The maximum absolute atomic E-state index is 15.0. The predicted octanol–water partition coefficient (Wildman–Crippen LogP) is 10.9. The zero-order chi connectivity index (χ0) is 31.0. The van der Waals surface area contributed by atoms with Crippen LogP contribution in [0.3, 0.4) is 0 Å². The van der Waals surface area contributed by atoms with Crippen molar-refractivity contribution >= 4 is 28.7 Å². The van der Waals surface area contributed by atoms with E-state index in [9.17, 15) is 0 Å². The van der Waals surface area contributed by atoms with E-state index >= 15 is 4.39 Å². The molecule has 0 N–H and O–H groups in total. The molecule has 4 aromatic rings.